The highest BCUT2D eigenvalue weighted by atomic mass is 16.5. The molecule has 0 spiro atoms. The molecule has 0 aromatic heterocycles. The fraction of sp³-hybridized carbons (Fsp3) is 0.562. The van der Waals surface area contributed by atoms with Crippen molar-refractivity contribution < 1.29 is 9.53 Å². The van der Waals surface area contributed by atoms with Crippen LogP contribution >= 0.6 is 0 Å². The minimum atomic E-state index is 0.136. The third kappa shape index (κ3) is 2.45. The van der Waals surface area contributed by atoms with Crippen molar-refractivity contribution in [2.45, 2.75) is 19.4 Å². The van der Waals surface area contributed by atoms with Gasteiger partial charge in [0.15, 0.2) is 0 Å². The number of amides is 1. The van der Waals surface area contributed by atoms with Crippen molar-refractivity contribution in [1.29, 1.82) is 0 Å². The summed E-state index contributed by atoms with van der Waals surface area (Å²) in [5.41, 5.74) is 3.50. The van der Waals surface area contributed by atoms with Gasteiger partial charge in [-0.2, -0.15) is 0 Å². The van der Waals surface area contributed by atoms with Crippen LogP contribution in [0.2, 0.25) is 0 Å². The number of hydrogen-bond donors (Lipinski definition) is 0. The number of carbonyl (C=O) groups is 1. The quantitative estimate of drug-likeness (QED) is 0.781. The highest BCUT2D eigenvalue weighted by Crippen LogP contribution is 2.29. The SMILES string of the molecule is CC1c2cc(C(=O)N3CCOCC3)ccc2CCN1C. The second-order valence-electron chi connectivity index (χ2n) is 5.72. The van der Waals surface area contributed by atoms with Gasteiger partial charge < -0.3 is 9.64 Å². The lowest BCUT2D eigenvalue weighted by Crippen LogP contribution is -2.40. The van der Waals surface area contributed by atoms with Crippen molar-refractivity contribution in [2.75, 3.05) is 39.9 Å². The molecule has 1 atom stereocenters. The van der Waals surface area contributed by atoms with Crippen molar-refractivity contribution in [1.82, 2.24) is 9.80 Å². The molecule has 0 bridgehead atoms. The monoisotopic (exact) mass is 274 g/mol. The van der Waals surface area contributed by atoms with Crippen molar-refractivity contribution in [3.05, 3.63) is 34.9 Å². The fourth-order valence-electron chi connectivity index (χ4n) is 3.02. The first-order valence-corrected chi connectivity index (χ1v) is 7.37. The zero-order chi connectivity index (χ0) is 14.1. The number of nitrogens with zero attached hydrogens (tertiary/aromatic N) is 2. The Kier molecular flexibility index (Phi) is 3.76. The number of morpholine rings is 1. The van der Waals surface area contributed by atoms with Crippen molar-refractivity contribution in [3.63, 3.8) is 0 Å². The molecule has 1 aromatic carbocycles. The zero-order valence-corrected chi connectivity index (χ0v) is 12.3. The molecular weight excluding hydrogens is 252 g/mol. The van der Waals surface area contributed by atoms with E-state index in [-0.39, 0.29) is 5.91 Å². The first kappa shape index (κ1) is 13.6. The topological polar surface area (TPSA) is 32.8 Å². The molecule has 0 N–H and O–H groups in total. The van der Waals surface area contributed by atoms with Gasteiger partial charge in [0.2, 0.25) is 0 Å². The van der Waals surface area contributed by atoms with Crippen LogP contribution in [0.4, 0.5) is 0 Å². The molecule has 108 valence electrons. The molecule has 2 heterocycles. The average Bonchev–Trinajstić information content (AvgIpc) is 2.51. The second kappa shape index (κ2) is 5.54. The van der Waals surface area contributed by atoms with Gasteiger partial charge in [-0.25, -0.2) is 0 Å². The molecule has 1 saturated heterocycles. The Hall–Kier alpha value is -1.39. The first-order chi connectivity index (χ1) is 9.66. The molecule has 4 nitrogen and oxygen atoms in total. The van der Waals surface area contributed by atoms with E-state index in [0.717, 1.165) is 18.5 Å². The lowest BCUT2D eigenvalue weighted by Gasteiger charge is -2.33. The third-order valence-corrected chi connectivity index (χ3v) is 4.54. The van der Waals surface area contributed by atoms with Crippen molar-refractivity contribution >= 4 is 5.91 Å². The van der Waals surface area contributed by atoms with Crippen LogP contribution in [0.15, 0.2) is 18.2 Å². The maximum atomic E-state index is 12.5. The zero-order valence-electron chi connectivity index (χ0n) is 12.3. The van der Waals surface area contributed by atoms with Gasteiger partial charge in [0.1, 0.15) is 0 Å². The summed E-state index contributed by atoms with van der Waals surface area (Å²) in [7, 11) is 2.14. The lowest BCUT2D eigenvalue weighted by atomic mass is 9.92. The number of fused-ring (bicyclic) bond motifs is 1. The van der Waals surface area contributed by atoms with E-state index in [1.54, 1.807) is 0 Å². The van der Waals surface area contributed by atoms with Gasteiger partial charge in [0.25, 0.3) is 5.91 Å². The summed E-state index contributed by atoms with van der Waals surface area (Å²) in [4.78, 5) is 16.8. The van der Waals surface area contributed by atoms with E-state index < -0.39 is 0 Å². The number of likely N-dealkylation sites (N-methyl/N-ethyl adjacent to an activating group) is 1. The molecule has 3 rings (SSSR count). The van der Waals surface area contributed by atoms with Crippen LogP contribution in [0, 0.1) is 0 Å². The van der Waals surface area contributed by atoms with Crippen LogP contribution in [-0.2, 0) is 11.2 Å². The smallest absolute Gasteiger partial charge is 0.254 e. The van der Waals surface area contributed by atoms with Gasteiger partial charge in [-0.3, -0.25) is 9.69 Å². The summed E-state index contributed by atoms with van der Waals surface area (Å²) in [5, 5.41) is 0. The van der Waals surface area contributed by atoms with Gasteiger partial charge in [0, 0.05) is 31.2 Å². The highest BCUT2D eigenvalue weighted by Gasteiger charge is 2.24. The molecule has 20 heavy (non-hydrogen) atoms. The molecule has 2 aliphatic heterocycles. The Bertz CT molecular complexity index is 509. The summed E-state index contributed by atoms with van der Waals surface area (Å²) in [6.45, 7) is 5.99. The molecule has 0 radical (unpaired) electrons. The van der Waals surface area contributed by atoms with Crippen LogP contribution in [0.5, 0.6) is 0 Å². The molecule has 1 amide bonds. The number of hydrogen-bond acceptors (Lipinski definition) is 3. The van der Waals surface area contributed by atoms with Crippen molar-refractivity contribution in [3.8, 4) is 0 Å². The van der Waals surface area contributed by atoms with Gasteiger partial charge in [-0.05, 0) is 43.7 Å². The molecular formula is C16H22N2O2. The molecule has 0 aliphatic carbocycles. The molecule has 0 saturated carbocycles. The maximum absolute atomic E-state index is 12.5. The Morgan fingerprint density at radius 1 is 1.25 bits per heavy atom. The normalized spacial score (nSPS) is 23.5. The summed E-state index contributed by atoms with van der Waals surface area (Å²) < 4.78 is 5.31. The van der Waals surface area contributed by atoms with E-state index in [1.807, 2.05) is 11.0 Å². The van der Waals surface area contributed by atoms with Gasteiger partial charge in [0.05, 0.1) is 13.2 Å². The van der Waals surface area contributed by atoms with Crippen LogP contribution in [0.25, 0.3) is 0 Å². The number of rotatable bonds is 1. The highest BCUT2D eigenvalue weighted by molar-refractivity contribution is 5.94. The van der Waals surface area contributed by atoms with E-state index in [4.69, 9.17) is 4.74 Å². The standard InChI is InChI=1S/C16H22N2O2/c1-12-15-11-14(4-3-13(15)5-6-17(12)2)16(19)18-7-9-20-10-8-18/h3-4,11-12H,5-10H2,1-2H3. The van der Waals surface area contributed by atoms with Crippen LogP contribution < -0.4 is 0 Å². The molecule has 4 heteroatoms. The summed E-state index contributed by atoms with van der Waals surface area (Å²) in [6, 6.07) is 6.59. The average molecular weight is 274 g/mol. The van der Waals surface area contributed by atoms with Crippen LogP contribution in [-0.4, -0.2) is 55.6 Å². The third-order valence-electron chi connectivity index (χ3n) is 4.54. The fourth-order valence-corrected chi connectivity index (χ4v) is 3.02. The largest absolute Gasteiger partial charge is 0.378 e. The van der Waals surface area contributed by atoms with Gasteiger partial charge >= 0.3 is 0 Å². The summed E-state index contributed by atoms with van der Waals surface area (Å²) in [6.07, 6.45) is 1.07. The second-order valence-corrected chi connectivity index (χ2v) is 5.72. The Balaban J connectivity index is 1.86. The maximum Gasteiger partial charge on any atom is 0.254 e. The molecule has 1 fully saturated rings. The number of ether oxygens (including phenoxy) is 1. The van der Waals surface area contributed by atoms with Crippen molar-refractivity contribution in [2.24, 2.45) is 0 Å². The summed E-state index contributed by atoms with van der Waals surface area (Å²) >= 11 is 0. The minimum Gasteiger partial charge on any atom is -0.378 e. The number of carbonyl (C=O) groups excluding carboxylic acids is 1. The predicted molar refractivity (Wildman–Crippen MR) is 77.9 cm³/mol. The Morgan fingerprint density at radius 3 is 2.75 bits per heavy atom. The van der Waals surface area contributed by atoms with E-state index in [0.29, 0.717) is 32.3 Å². The molecule has 1 aromatic rings. The van der Waals surface area contributed by atoms with Gasteiger partial charge in [-0.15, -0.1) is 0 Å². The first-order valence-electron chi connectivity index (χ1n) is 7.37. The minimum absolute atomic E-state index is 0.136. The van der Waals surface area contributed by atoms with E-state index in [9.17, 15) is 4.79 Å². The van der Waals surface area contributed by atoms with Crippen LogP contribution in [0.3, 0.4) is 0 Å². The lowest BCUT2D eigenvalue weighted by molar-refractivity contribution is 0.0302. The predicted octanol–water partition coefficient (Wildman–Crippen LogP) is 1.71. The summed E-state index contributed by atoms with van der Waals surface area (Å²) in [5.74, 6) is 0.136. The Morgan fingerprint density at radius 2 is 2.00 bits per heavy atom. The Labute approximate surface area is 120 Å². The molecule has 2 aliphatic rings. The van der Waals surface area contributed by atoms with E-state index in [1.165, 1.54) is 11.1 Å². The van der Waals surface area contributed by atoms with Gasteiger partial charge in [-0.1, -0.05) is 6.07 Å². The van der Waals surface area contributed by atoms with E-state index >= 15 is 0 Å². The van der Waals surface area contributed by atoms with Crippen LogP contribution in [0.1, 0.15) is 34.5 Å². The number of benzene rings is 1. The molecule has 1 unspecified atom stereocenters. The van der Waals surface area contributed by atoms with E-state index in [2.05, 4.69) is 31.0 Å².